The number of rotatable bonds is 1. The molecule has 0 atom stereocenters. The molecule has 0 spiro atoms. The number of hydrogen-bond acceptors (Lipinski definition) is 2. The lowest BCUT2D eigenvalue weighted by atomic mass is 10.2. The largest absolute Gasteiger partial charge is 0.276 e. The van der Waals surface area contributed by atoms with Crippen molar-refractivity contribution in [1.82, 2.24) is 9.55 Å². The molecule has 0 aliphatic heterocycles. The van der Waals surface area contributed by atoms with Gasteiger partial charge in [0.25, 0.3) is 0 Å². The van der Waals surface area contributed by atoms with E-state index in [9.17, 15) is 4.79 Å². The van der Waals surface area contributed by atoms with Gasteiger partial charge >= 0.3 is 0 Å². The van der Waals surface area contributed by atoms with Gasteiger partial charge < -0.3 is 0 Å². The van der Waals surface area contributed by atoms with Gasteiger partial charge in [-0.3, -0.25) is 9.36 Å². The Balaban J connectivity index is 2.37. The summed E-state index contributed by atoms with van der Waals surface area (Å²) in [4.78, 5) is 15.2. The Kier molecular flexibility index (Phi) is 2.68. The summed E-state index contributed by atoms with van der Waals surface area (Å²) in [5, 5.41) is 0. The molecule has 0 aliphatic rings. The van der Waals surface area contributed by atoms with E-state index in [0.29, 0.717) is 0 Å². The van der Waals surface area contributed by atoms with Crippen LogP contribution in [0.4, 0.5) is 0 Å². The van der Waals surface area contributed by atoms with Gasteiger partial charge in [-0.15, -0.1) is 0 Å². The number of nitrogens with zero attached hydrogens (tertiary/aromatic N) is 2. The Hall–Kier alpha value is -1.42. The maximum atomic E-state index is 11.1. The van der Waals surface area contributed by atoms with Crippen molar-refractivity contribution in [2.45, 2.75) is 6.92 Å². The molecule has 0 bridgehead atoms. The monoisotopic (exact) mass is 264 g/mol. The van der Waals surface area contributed by atoms with E-state index in [-0.39, 0.29) is 5.91 Å². The summed E-state index contributed by atoms with van der Waals surface area (Å²) in [6.45, 7) is 1.51. The van der Waals surface area contributed by atoms with Crippen molar-refractivity contribution in [2.24, 2.45) is 0 Å². The van der Waals surface area contributed by atoms with Gasteiger partial charge in [-0.1, -0.05) is 28.1 Å². The highest BCUT2D eigenvalue weighted by molar-refractivity contribution is 9.10. The summed E-state index contributed by atoms with van der Waals surface area (Å²) in [5.74, 6) is -0.0362. The zero-order valence-electron chi connectivity index (χ0n) is 8.14. The first-order valence-electron chi connectivity index (χ1n) is 4.47. The van der Waals surface area contributed by atoms with E-state index >= 15 is 0 Å². The van der Waals surface area contributed by atoms with Crippen molar-refractivity contribution >= 4 is 21.8 Å². The molecular weight excluding hydrogens is 256 g/mol. The molecule has 2 aromatic rings. The van der Waals surface area contributed by atoms with Gasteiger partial charge in [0.05, 0.1) is 5.69 Å². The lowest BCUT2D eigenvalue weighted by molar-refractivity contribution is 0.0936. The quantitative estimate of drug-likeness (QED) is 0.794. The number of carbonyl (C=O) groups excluding carboxylic acids is 1. The molecule has 15 heavy (non-hydrogen) atoms. The number of imidazole rings is 1. The third-order valence-electron chi connectivity index (χ3n) is 2.09. The van der Waals surface area contributed by atoms with E-state index in [1.54, 1.807) is 6.20 Å². The summed E-state index contributed by atoms with van der Waals surface area (Å²) >= 11 is 3.37. The maximum Gasteiger partial charge on any atom is 0.228 e. The summed E-state index contributed by atoms with van der Waals surface area (Å²) in [6.07, 6.45) is 3.26. The van der Waals surface area contributed by atoms with Crippen LogP contribution in [0.5, 0.6) is 0 Å². The summed E-state index contributed by atoms with van der Waals surface area (Å²) in [5.41, 5.74) is 1.80. The smallest absolute Gasteiger partial charge is 0.228 e. The fourth-order valence-corrected chi connectivity index (χ4v) is 1.53. The summed E-state index contributed by atoms with van der Waals surface area (Å²) in [6, 6.07) is 7.80. The molecule has 0 amide bonds. The van der Waals surface area contributed by atoms with Crippen molar-refractivity contribution in [1.29, 1.82) is 0 Å². The highest BCUT2D eigenvalue weighted by Crippen LogP contribution is 2.19. The van der Waals surface area contributed by atoms with Gasteiger partial charge in [-0.25, -0.2) is 4.98 Å². The van der Waals surface area contributed by atoms with Crippen molar-refractivity contribution in [3.63, 3.8) is 0 Å². The second-order valence-electron chi connectivity index (χ2n) is 3.19. The zero-order valence-corrected chi connectivity index (χ0v) is 9.73. The molecule has 1 aromatic heterocycles. The second kappa shape index (κ2) is 3.98. The number of hydrogen-bond donors (Lipinski definition) is 0. The van der Waals surface area contributed by atoms with Gasteiger partial charge in [0.2, 0.25) is 5.91 Å². The number of halogens is 1. The van der Waals surface area contributed by atoms with Gasteiger partial charge in [-0.2, -0.15) is 0 Å². The molecule has 2 rings (SSSR count). The highest BCUT2D eigenvalue weighted by atomic mass is 79.9. The van der Waals surface area contributed by atoms with Crippen LogP contribution in [0.25, 0.3) is 11.3 Å². The zero-order chi connectivity index (χ0) is 10.8. The number of carbonyl (C=O) groups is 1. The average Bonchev–Trinajstić information content (AvgIpc) is 2.68. The van der Waals surface area contributed by atoms with E-state index < -0.39 is 0 Å². The molecule has 3 nitrogen and oxygen atoms in total. The normalized spacial score (nSPS) is 10.3. The topological polar surface area (TPSA) is 34.9 Å². The molecule has 0 saturated heterocycles. The van der Waals surface area contributed by atoms with Crippen LogP contribution in [-0.2, 0) is 0 Å². The number of aromatic nitrogens is 2. The lowest BCUT2D eigenvalue weighted by Gasteiger charge is -1.96. The third-order valence-corrected chi connectivity index (χ3v) is 2.61. The molecule has 0 radical (unpaired) electrons. The van der Waals surface area contributed by atoms with Gasteiger partial charge in [0, 0.05) is 23.2 Å². The van der Waals surface area contributed by atoms with Crippen LogP contribution in [0.3, 0.4) is 0 Å². The summed E-state index contributed by atoms with van der Waals surface area (Å²) < 4.78 is 2.49. The molecule has 4 heteroatoms. The molecule has 0 unspecified atom stereocenters. The predicted octanol–water partition coefficient (Wildman–Crippen LogP) is 2.97. The lowest BCUT2D eigenvalue weighted by Crippen LogP contribution is -2.00. The minimum absolute atomic E-state index is 0.0362. The molecule has 0 aliphatic carbocycles. The fourth-order valence-electron chi connectivity index (χ4n) is 1.26. The van der Waals surface area contributed by atoms with Crippen molar-refractivity contribution in [2.75, 3.05) is 0 Å². The van der Waals surface area contributed by atoms with Crippen LogP contribution in [0.2, 0.25) is 0 Å². The van der Waals surface area contributed by atoms with E-state index in [1.165, 1.54) is 17.8 Å². The van der Waals surface area contributed by atoms with E-state index in [1.807, 2.05) is 24.3 Å². The van der Waals surface area contributed by atoms with Crippen LogP contribution < -0.4 is 0 Å². The second-order valence-corrected chi connectivity index (χ2v) is 4.11. The van der Waals surface area contributed by atoms with Crippen molar-refractivity contribution < 1.29 is 4.79 Å². The van der Waals surface area contributed by atoms with Crippen LogP contribution in [-0.4, -0.2) is 15.5 Å². The molecule has 0 N–H and O–H groups in total. The van der Waals surface area contributed by atoms with E-state index in [0.717, 1.165) is 15.7 Å². The Morgan fingerprint density at radius 3 is 2.53 bits per heavy atom. The maximum absolute atomic E-state index is 11.1. The van der Waals surface area contributed by atoms with E-state index in [4.69, 9.17) is 0 Å². The highest BCUT2D eigenvalue weighted by Gasteiger charge is 2.03. The molecular formula is C11H9BrN2O. The Morgan fingerprint density at radius 1 is 1.33 bits per heavy atom. The van der Waals surface area contributed by atoms with Crippen LogP contribution >= 0.6 is 15.9 Å². The van der Waals surface area contributed by atoms with Crippen LogP contribution in [0, 0.1) is 0 Å². The first kappa shape index (κ1) is 10.1. The Morgan fingerprint density at radius 2 is 2.00 bits per heavy atom. The van der Waals surface area contributed by atoms with Crippen LogP contribution in [0.1, 0.15) is 11.7 Å². The molecule has 0 saturated carbocycles. The molecule has 1 aromatic carbocycles. The first-order chi connectivity index (χ1) is 7.16. The number of benzene rings is 1. The summed E-state index contributed by atoms with van der Waals surface area (Å²) in [7, 11) is 0. The van der Waals surface area contributed by atoms with Crippen molar-refractivity contribution in [3.8, 4) is 11.3 Å². The van der Waals surface area contributed by atoms with Gasteiger partial charge in [0.15, 0.2) is 0 Å². The minimum Gasteiger partial charge on any atom is -0.276 e. The predicted molar refractivity (Wildman–Crippen MR) is 61.7 cm³/mol. The van der Waals surface area contributed by atoms with Crippen molar-refractivity contribution in [3.05, 3.63) is 41.3 Å². The molecule has 0 fully saturated rings. The molecule has 76 valence electrons. The van der Waals surface area contributed by atoms with Gasteiger partial charge in [0.1, 0.15) is 6.33 Å². The minimum atomic E-state index is -0.0362. The Labute approximate surface area is 95.9 Å². The van der Waals surface area contributed by atoms with E-state index in [2.05, 4.69) is 20.9 Å². The van der Waals surface area contributed by atoms with Crippen LogP contribution in [0.15, 0.2) is 41.3 Å². The SMILES string of the molecule is CC(=O)n1cnc(-c2ccc(Br)cc2)c1. The van der Waals surface area contributed by atoms with Gasteiger partial charge in [-0.05, 0) is 12.1 Å². The first-order valence-corrected chi connectivity index (χ1v) is 5.27. The average molecular weight is 265 g/mol. The molecule has 1 heterocycles. The third kappa shape index (κ3) is 2.15. The Bertz CT molecular complexity index is 488. The standard InChI is InChI=1S/C11H9BrN2O/c1-8(15)14-6-11(13-7-14)9-2-4-10(12)5-3-9/h2-7H,1H3. The fraction of sp³-hybridized carbons (Fsp3) is 0.0909.